The summed E-state index contributed by atoms with van der Waals surface area (Å²) in [5, 5.41) is 8.82. The molecule has 0 saturated carbocycles. The lowest BCUT2D eigenvalue weighted by atomic mass is 9.89. The minimum atomic E-state index is 0.690. The Labute approximate surface area is 117 Å². The second-order valence-corrected chi connectivity index (χ2v) is 5.56. The third-order valence-corrected chi connectivity index (χ3v) is 4.18. The number of likely N-dealkylation sites (tertiary alicyclic amines) is 1. The van der Waals surface area contributed by atoms with Crippen LogP contribution in [0.25, 0.3) is 0 Å². The minimum absolute atomic E-state index is 0.690. The predicted octanol–water partition coefficient (Wildman–Crippen LogP) is 3.93. The number of benzene rings is 1. The lowest BCUT2D eigenvalue weighted by molar-refractivity contribution is 0.208. The average Bonchev–Trinajstić information content (AvgIpc) is 2.48. The van der Waals surface area contributed by atoms with Crippen LogP contribution in [0.2, 0.25) is 0 Å². The number of nitrogens with zero attached hydrogens (tertiary/aromatic N) is 2. The summed E-state index contributed by atoms with van der Waals surface area (Å²) in [5.74, 6) is 0.690. The van der Waals surface area contributed by atoms with E-state index in [0.717, 1.165) is 5.56 Å². The lowest BCUT2D eigenvalue weighted by Crippen LogP contribution is -2.33. The number of unbranched alkanes of at least 4 members (excludes halogenated alkanes) is 2. The fourth-order valence-corrected chi connectivity index (χ4v) is 2.91. The van der Waals surface area contributed by atoms with Gasteiger partial charge in [-0.1, -0.05) is 31.9 Å². The lowest BCUT2D eigenvalue weighted by Gasteiger charge is -2.32. The van der Waals surface area contributed by atoms with Crippen molar-refractivity contribution in [1.82, 2.24) is 4.90 Å². The first kappa shape index (κ1) is 14.1. The van der Waals surface area contributed by atoms with E-state index in [-0.39, 0.29) is 0 Å². The zero-order valence-electron chi connectivity index (χ0n) is 11.9. The van der Waals surface area contributed by atoms with Crippen molar-refractivity contribution in [3.63, 3.8) is 0 Å². The third-order valence-electron chi connectivity index (χ3n) is 4.18. The maximum absolute atomic E-state index is 8.82. The molecule has 0 radical (unpaired) electrons. The number of hydrogen-bond acceptors (Lipinski definition) is 2. The number of nitriles is 1. The first-order valence-corrected chi connectivity index (χ1v) is 7.56. The predicted molar refractivity (Wildman–Crippen MR) is 79.1 cm³/mol. The quantitative estimate of drug-likeness (QED) is 0.746. The SMILES string of the molecule is CCCCCN1CCC(c2ccc(C#N)cc2)CC1. The van der Waals surface area contributed by atoms with Gasteiger partial charge in [0.1, 0.15) is 0 Å². The molecule has 0 aliphatic carbocycles. The maximum atomic E-state index is 8.82. The minimum Gasteiger partial charge on any atom is -0.303 e. The Hall–Kier alpha value is -1.33. The van der Waals surface area contributed by atoms with Crippen LogP contribution < -0.4 is 0 Å². The topological polar surface area (TPSA) is 27.0 Å². The average molecular weight is 256 g/mol. The highest BCUT2D eigenvalue weighted by molar-refractivity contribution is 5.33. The van der Waals surface area contributed by atoms with E-state index >= 15 is 0 Å². The molecule has 102 valence electrons. The van der Waals surface area contributed by atoms with Crippen molar-refractivity contribution in [2.75, 3.05) is 19.6 Å². The summed E-state index contributed by atoms with van der Waals surface area (Å²) in [6, 6.07) is 10.3. The van der Waals surface area contributed by atoms with E-state index in [0.29, 0.717) is 5.92 Å². The van der Waals surface area contributed by atoms with Crippen LogP contribution in [0, 0.1) is 11.3 Å². The van der Waals surface area contributed by atoms with Crippen LogP contribution in [0.5, 0.6) is 0 Å². The molecule has 0 unspecified atom stereocenters. The van der Waals surface area contributed by atoms with Gasteiger partial charge in [-0.2, -0.15) is 5.26 Å². The number of hydrogen-bond donors (Lipinski definition) is 0. The molecule has 1 aliphatic heterocycles. The molecule has 19 heavy (non-hydrogen) atoms. The second-order valence-electron chi connectivity index (χ2n) is 5.56. The van der Waals surface area contributed by atoms with Crippen molar-refractivity contribution in [1.29, 1.82) is 5.26 Å². The van der Waals surface area contributed by atoms with Gasteiger partial charge in [0.25, 0.3) is 0 Å². The van der Waals surface area contributed by atoms with Crippen molar-refractivity contribution >= 4 is 0 Å². The molecule has 1 aliphatic rings. The van der Waals surface area contributed by atoms with Gasteiger partial charge in [0.2, 0.25) is 0 Å². The summed E-state index contributed by atoms with van der Waals surface area (Å²) in [6.07, 6.45) is 6.53. The van der Waals surface area contributed by atoms with Gasteiger partial charge >= 0.3 is 0 Å². The molecule has 0 N–H and O–H groups in total. The number of rotatable bonds is 5. The highest BCUT2D eigenvalue weighted by Crippen LogP contribution is 2.28. The molecule has 0 aromatic heterocycles. The highest BCUT2D eigenvalue weighted by atomic mass is 15.1. The molecule has 0 bridgehead atoms. The van der Waals surface area contributed by atoms with E-state index in [1.54, 1.807) is 0 Å². The van der Waals surface area contributed by atoms with E-state index in [1.165, 1.54) is 57.3 Å². The molecule has 1 heterocycles. The Morgan fingerprint density at radius 1 is 1.16 bits per heavy atom. The molecular weight excluding hydrogens is 232 g/mol. The summed E-state index contributed by atoms with van der Waals surface area (Å²) >= 11 is 0. The van der Waals surface area contributed by atoms with Gasteiger partial charge in [0, 0.05) is 0 Å². The van der Waals surface area contributed by atoms with Gasteiger partial charge in [-0.25, -0.2) is 0 Å². The van der Waals surface area contributed by atoms with E-state index in [9.17, 15) is 0 Å². The molecule has 0 spiro atoms. The van der Waals surface area contributed by atoms with Gasteiger partial charge < -0.3 is 4.90 Å². The molecule has 1 aromatic rings. The third kappa shape index (κ3) is 4.08. The van der Waals surface area contributed by atoms with Crippen molar-refractivity contribution in [2.45, 2.75) is 44.9 Å². The molecular formula is C17H24N2. The summed E-state index contributed by atoms with van der Waals surface area (Å²) in [5.41, 5.74) is 2.17. The molecule has 1 saturated heterocycles. The van der Waals surface area contributed by atoms with Crippen LogP contribution in [-0.4, -0.2) is 24.5 Å². The Bertz CT molecular complexity index is 408. The largest absolute Gasteiger partial charge is 0.303 e. The van der Waals surface area contributed by atoms with E-state index in [2.05, 4.69) is 30.0 Å². The normalized spacial score (nSPS) is 17.3. The molecule has 2 nitrogen and oxygen atoms in total. The van der Waals surface area contributed by atoms with Crippen LogP contribution in [0.3, 0.4) is 0 Å². The molecule has 2 rings (SSSR count). The number of piperidine rings is 1. The van der Waals surface area contributed by atoms with Gasteiger partial charge in [0.15, 0.2) is 0 Å². The van der Waals surface area contributed by atoms with Gasteiger partial charge in [-0.3, -0.25) is 0 Å². The zero-order chi connectivity index (χ0) is 13.5. The second kappa shape index (κ2) is 7.31. The summed E-state index contributed by atoms with van der Waals surface area (Å²) in [7, 11) is 0. The molecule has 0 amide bonds. The first-order chi connectivity index (χ1) is 9.33. The van der Waals surface area contributed by atoms with Crippen molar-refractivity contribution < 1.29 is 0 Å². The van der Waals surface area contributed by atoms with E-state index in [1.807, 2.05) is 12.1 Å². The standard InChI is InChI=1S/C17H24N2/c1-2-3-4-11-19-12-9-17(10-13-19)16-7-5-15(14-18)6-8-16/h5-8,17H,2-4,9-13H2,1H3. The van der Waals surface area contributed by atoms with Crippen molar-refractivity contribution in [2.24, 2.45) is 0 Å². The Balaban J connectivity index is 1.80. The Morgan fingerprint density at radius 3 is 2.42 bits per heavy atom. The molecule has 2 heteroatoms. The maximum Gasteiger partial charge on any atom is 0.0991 e. The monoisotopic (exact) mass is 256 g/mol. The summed E-state index contributed by atoms with van der Waals surface area (Å²) in [4.78, 5) is 2.61. The van der Waals surface area contributed by atoms with Crippen molar-refractivity contribution in [3.8, 4) is 6.07 Å². The zero-order valence-corrected chi connectivity index (χ0v) is 11.9. The van der Waals surface area contributed by atoms with E-state index < -0.39 is 0 Å². The molecule has 0 atom stereocenters. The molecule has 1 aromatic carbocycles. The smallest absolute Gasteiger partial charge is 0.0991 e. The Kier molecular flexibility index (Phi) is 5.42. The van der Waals surface area contributed by atoms with Gasteiger partial charge in [0.05, 0.1) is 11.6 Å². The van der Waals surface area contributed by atoms with Crippen LogP contribution >= 0.6 is 0 Å². The van der Waals surface area contributed by atoms with Gasteiger partial charge in [-0.15, -0.1) is 0 Å². The van der Waals surface area contributed by atoms with Crippen LogP contribution in [-0.2, 0) is 0 Å². The first-order valence-electron chi connectivity index (χ1n) is 7.56. The fraction of sp³-hybridized carbons (Fsp3) is 0.588. The van der Waals surface area contributed by atoms with Crippen LogP contribution in [0.15, 0.2) is 24.3 Å². The summed E-state index contributed by atoms with van der Waals surface area (Å²) in [6.45, 7) is 5.99. The van der Waals surface area contributed by atoms with Crippen LogP contribution in [0.4, 0.5) is 0 Å². The van der Waals surface area contributed by atoms with Gasteiger partial charge in [-0.05, 0) is 62.5 Å². The highest BCUT2D eigenvalue weighted by Gasteiger charge is 2.19. The van der Waals surface area contributed by atoms with E-state index in [4.69, 9.17) is 5.26 Å². The fourth-order valence-electron chi connectivity index (χ4n) is 2.91. The van der Waals surface area contributed by atoms with Crippen LogP contribution in [0.1, 0.15) is 56.1 Å². The van der Waals surface area contributed by atoms with Crippen molar-refractivity contribution in [3.05, 3.63) is 35.4 Å². The Morgan fingerprint density at radius 2 is 1.84 bits per heavy atom. The molecule has 1 fully saturated rings. The summed E-state index contributed by atoms with van der Waals surface area (Å²) < 4.78 is 0.